The minimum absolute atomic E-state index is 0.809. The number of pyridine rings is 1. The highest BCUT2D eigenvalue weighted by atomic mass is 16.3. The number of rotatable bonds is 1. The van der Waals surface area contributed by atoms with E-state index in [-0.39, 0.29) is 0 Å². The molecule has 2 heteroatoms. The number of aromatic nitrogens is 1. The Kier molecular flexibility index (Phi) is 2.86. The molecule has 0 radical (unpaired) electrons. The van der Waals surface area contributed by atoms with E-state index in [2.05, 4.69) is 25.1 Å². The predicted octanol–water partition coefficient (Wildman–Crippen LogP) is 3.65. The number of aryl methyl sites for hydroxylation is 2. The molecule has 0 bridgehead atoms. The van der Waals surface area contributed by atoms with Crippen molar-refractivity contribution in [1.29, 1.82) is 0 Å². The fraction of sp³-hybridized carbons (Fsp3) is 0.471. The SMILES string of the molecule is Cc1ccc2nc3c(c(C(C)(C)O)c2c1)CCCC3. The van der Waals surface area contributed by atoms with Crippen LogP contribution < -0.4 is 0 Å². The van der Waals surface area contributed by atoms with Crippen LogP contribution in [0.2, 0.25) is 0 Å². The maximum atomic E-state index is 10.6. The van der Waals surface area contributed by atoms with Gasteiger partial charge in [-0.15, -0.1) is 0 Å². The van der Waals surface area contributed by atoms with Crippen LogP contribution in [0, 0.1) is 6.92 Å². The summed E-state index contributed by atoms with van der Waals surface area (Å²) < 4.78 is 0. The molecule has 1 aromatic heterocycles. The van der Waals surface area contributed by atoms with Gasteiger partial charge in [-0.2, -0.15) is 0 Å². The van der Waals surface area contributed by atoms with Gasteiger partial charge in [-0.25, -0.2) is 0 Å². The minimum Gasteiger partial charge on any atom is -0.386 e. The number of hydrogen-bond donors (Lipinski definition) is 1. The van der Waals surface area contributed by atoms with Crippen molar-refractivity contribution in [3.05, 3.63) is 40.6 Å². The van der Waals surface area contributed by atoms with Gasteiger partial charge in [-0.3, -0.25) is 4.98 Å². The first-order chi connectivity index (χ1) is 8.97. The van der Waals surface area contributed by atoms with Gasteiger partial charge in [0, 0.05) is 11.1 Å². The fourth-order valence-corrected chi connectivity index (χ4v) is 3.24. The molecule has 0 amide bonds. The second-order valence-corrected chi connectivity index (χ2v) is 6.20. The lowest BCUT2D eigenvalue weighted by molar-refractivity contribution is 0.0789. The third kappa shape index (κ3) is 2.14. The average molecular weight is 255 g/mol. The van der Waals surface area contributed by atoms with E-state index < -0.39 is 5.60 Å². The number of hydrogen-bond acceptors (Lipinski definition) is 2. The first kappa shape index (κ1) is 12.6. The van der Waals surface area contributed by atoms with E-state index in [0.717, 1.165) is 29.3 Å². The van der Waals surface area contributed by atoms with E-state index in [1.165, 1.54) is 29.7 Å². The van der Waals surface area contributed by atoms with Crippen molar-refractivity contribution in [1.82, 2.24) is 4.98 Å². The smallest absolute Gasteiger partial charge is 0.0850 e. The molecule has 1 aliphatic carbocycles. The highest BCUT2D eigenvalue weighted by Crippen LogP contribution is 2.36. The monoisotopic (exact) mass is 255 g/mol. The zero-order valence-corrected chi connectivity index (χ0v) is 12.0. The molecule has 1 N–H and O–H groups in total. The standard InChI is InChI=1S/C17H21NO/c1-11-8-9-15-13(10-11)16(17(2,3)19)12-6-4-5-7-14(12)18-15/h8-10,19H,4-7H2,1-3H3. The molecule has 0 saturated carbocycles. The molecule has 0 atom stereocenters. The van der Waals surface area contributed by atoms with E-state index in [4.69, 9.17) is 4.98 Å². The molecule has 1 aliphatic rings. The largest absolute Gasteiger partial charge is 0.386 e. The topological polar surface area (TPSA) is 33.1 Å². The Balaban J connectivity index is 2.41. The van der Waals surface area contributed by atoms with Crippen molar-refractivity contribution in [2.45, 2.75) is 52.1 Å². The van der Waals surface area contributed by atoms with Crippen LogP contribution in [-0.4, -0.2) is 10.1 Å². The normalized spacial score (nSPS) is 15.6. The summed E-state index contributed by atoms with van der Waals surface area (Å²) in [6, 6.07) is 6.33. The summed E-state index contributed by atoms with van der Waals surface area (Å²) in [6.07, 6.45) is 4.51. The molecular formula is C17H21NO. The van der Waals surface area contributed by atoms with Crippen molar-refractivity contribution in [2.24, 2.45) is 0 Å². The zero-order chi connectivity index (χ0) is 13.6. The van der Waals surface area contributed by atoms with Crippen LogP contribution in [0.15, 0.2) is 18.2 Å². The summed E-state index contributed by atoms with van der Waals surface area (Å²) in [5.74, 6) is 0. The molecule has 3 rings (SSSR count). The number of aliphatic hydroxyl groups is 1. The molecule has 19 heavy (non-hydrogen) atoms. The Morgan fingerprint density at radius 3 is 2.63 bits per heavy atom. The molecule has 1 aromatic carbocycles. The van der Waals surface area contributed by atoms with Crippen molar-refractivity contribution in [3.8, 4) is 0 Å². The maximum absolute atomic E-state index is 10.6. The molecule has 2 nitrogen and oxygen atoms in total. The predicted molar refractivity (Wildman–Crippen MR) is 78.4 cm³/mol. The van der Waals surface area contributed by atoms with E-state index in [0.29, 0.717) is 0 Å². The lowest BCUT2D eigenvalue weighted by atomic mass is 9.83. The summed E-state index contributed by atoms with van der Waals surface area (Å²) in [5.41, 5.74) is 5.00. The van der Waals surface area contributed by atoms with Crippen molar-refractivity contribution in [3.63, 3.8) is 0 Å². The van der Waals surface area contributed by atoms with Gasteiger partial charge in [0.15, 0.2) is 0 Å². The van der Waals surface area contributed by atoms with Gasteiger partial charge in [0.2, 0.25) is 0 Å². The lowest BCUT2D eigenvalue weighted by Crippen LogP contribution is -2.22. The van der Waals surface area contributed by atoms with Gasteiger partial charge in [-0.05, 0) is 69.7 Å². The summed E-state index contributed by atoms with van der Waals surface area (Å²) in [7, 11) is 0. The highest BCUT2D eigenvalue weighted by Gasteiger charge is 2.27. The van der Waals surface area contributed by atoms with Crippen molar-refractivity contribution < 1.29 is 5.11 Å². The van der Waals surface area contributed by atoms with Gasteiger partial charge >= 0.3 is 0 Å². The van der Waals surface area contributed by atoms with Crippen LogP contribution >= 0.6 is 0 Å². The van der Waals surface area contributed by atoms with Gasteiger partial charge in [0.05, 0.1) is 11.1 Å². The van der Waals surface area contributed by atoms with E-state index in [9.17, 15) is 5.11 Å². The van der Waals surface area contributed by atoms with E-state index in [1.807, 2.05) is 13.8 Å². The lowest BCUT2D eigenvalue weighted by Gasteiger charge is -2.28. The second-order valence-electron chi connectivity index (χ2n) is 6.20. The van der Waals surface area contributed by atoms with Gasteiger partial charge in [-0.1, -0.05) is 11.6 Å². The Labute approximate surface area is 114 Å². The summed E-state index contributed by atoms with van der Waals surface area (Å²) in [6.45, 7) is 5.87. The number of nitrogens with zero attached hydrogens (tertiary/aromatic N) is 1. The van der Waals surface area contributed by atoms with Crippen molar-refractivity contribution >= 4 is 10.9 Å². The summed E-state index contributed by atoms with van der Waals surface area (Å²) in [4.78, 5) is 4.82. The fourth-order valence-electron chi connectivity index (χ4n) is 3.24. The van der Waals surface area contributed by atoms with Gasteiger partial charge in [0.1, 0.15) is 0 Å². The van der Waals surface area contributed by atoms with Crippen LogP contribution in [0.5, 0.6) is 0 Å². The first-order valence-electron chi connectivity index (χ1n) is 7.12. The van der Waals surface area contributed by atoms with Crippen LogP contribution in [-0.2, 0) is 18.4 Å². The minimum atomic E-state index is -0.809. The quantitative estimate of drug-likeness (QED) is 0.843. The first-order valence-corrected chi connectivity index (χ1v) is 7.12. The van der Waals surface area contributed by atoms with Gasteiger partial charge < -0.3 is 5.11 Å². The highest BCUT2D eigenvalue weighted by molar-refractivity contribution is 5.85. The van der Waals surface area contributed by atoms with Gasteiger partial charge in [0.25, 0.3) is 0 Å². The van der Waals surface area contributed by atoms with E-state index in [1.54, 1.807) is 0 Å². The molecule has 0 spiro atoms. The second kappa shape index (κ2) is 4.31. The Morgan fingerprint density at radius 2 is 1.89 bits per heavy atom. The molecule has 1 heterocycles. The molecule has 100 valence electrons. The Morgan fingerprint density at radius 1 is 1.16 bits per heavy atom. The maximum Gasteiger partial charge on any atom is 0.0850 e. The number of fused-ring (bicyclic) bond motifs is 2. The van der Waals surface area contributed by atoms with Crippen LogP contribution in [0.1, 0.15) is 49.1 Å². The molecule has 0 fully saturated rings. The van der Waals surface area contributed by atoms with Crippen LogP contribution in [0.3, 0.4) is 0 Å². The van der Waals surface area contributed by atoms with Crippen LogP contribution in [0.4, 0.5) is 0 Å². The average Bonchev–Trinajstić information content (AvgIpc) is 2.34. The number of benzene rings is 1. The zero-order valence-electron chi connectivity index (χ0n) is 12.0. The van der Waals surface area contributed by atoms with E-state index >= 15 is 0 Å². The molecule has 0 aliphatic heterocycles. The molecular weight excluding hydrogens is 234 g/mol. The molecule has 0 saturated heterocycles. The third-order valence-electron chi connectivity index (χ3n) is 4.03. The molecule has 0 unspecified atom stereocenters. The molecule has 2 aromatic rings. The Bertz CT molecular complexity index is 638. The van der Waals surface area contributed by atoms with Crippen LogP contribution in [0.25, 0.3) is 10.9 Å². The summed E-state index contributed by atoms with van der Waals surface area (Å²) >= 11 is 0. The Hall–Kier alpha value is -1.41. The summed E-state index contributed by atoms with van der Waals surface area (Å²) in [5, 5.41) is 11.7. The third-order valence-corrected chi connectivity index (χ3v) is 4.03. The van der Waals surface area contributed by atoms with Crippen molar-refractivity contribution in [2.75, 3.05) is 0 Å².